The Bertz CT molecular complexity index is 445. The van der Waals surface area contributed by atoms with Gasteiger partial charge in [-0.3, -0.25) is 10.1 Å². The molecule has 17 heavy (non-hydrogen) atoms. The first-order chi connectivity index (χ1) is 8.08. The van der Waals surface area contributed by atoms with Crippen molar-refractivity contribution >= 4 is 28.9 Å². The van der Waals surface area contributed by atoms with E-state index in [1.165, 1.54) is 12.1 Å². The number of hydrogen-bond acceptors (Lipinski definition) is 3. The number of rotatable bonds is 3. The van der Waals surface area contributed by atoms with Gasteiger partial charge in [-0.15, -0.1) is 0 Å². The molecule has 0 aromatic heterocycles. The van der Waals surface area contributed by atoms with Gasteiger partial charge >= 0.3 is 5.69 Å². The lowest BCUT2D eigenvalue weighted by atomic mass is 10.2. The van der Waals surface area contributed by atoms with Crippen molar-refractivity contribution in [2.75, 3.05) is 0 Å². The third kappa shape index (κ3) is 2.82. The van der Waals surface area contributed by atoms with Crippen LogP contribution in [0.5, 0.6) is 5.75 Å². The van der Waals surface area contributed by atoms with E-state index in [-0.39, 0.29) is 27.6 Å². The predicted octanol–water partition coefficient (Wildman–Crippen LogP) is 4.22. The number of halogens is 2. The Hall–Kier alpha value is -1.00. The molecular formula is C11H11Cl2NO3. The molecule has 0 spiro atoms. The van der Waals surface area contributed by atoms with Crippen LogP contribution in [-0.4, -0.2) is 11.0 Å². The van der Waals surface area contributed by atoms with E-state index < -0.39 is 4.92 Å². The first-order valence-corrected chi connectivity index (χ1v) is 6.13. The highest BCUT2D eigenvalue weighted by molar-refractivity contribution is 6.42. The quantitative estimate of drug-likeness (QED) is 0.613. The highest BCUT2D eigenvalue weighted by Crippen LogP contribution is 2.37. The van der Waals surface area contributed by atoms with Gasteiger partial charge in [-0.25, -0.2) is 0 Å². The molecule has 1 saturated carbocycles. The minimum absolute atomic E-state index is 0.0472. The summed E-state index contributed by atoms with van der Waals surface area (Å²) in [5.41, 5.74) is -0.133. The van der Waals surface area contributed by atoms with Gasteiger partial charge in [0.05, 0.1) is 21.1 Å². The topological polar surface area (TPSA) is 52.4 Å². The Balaban J connectivity index is 2.29. The normalized spacial score (nSPS) is 16.1. The van der Waals surface area contributed by atoms with Crippen LogP contribution in [0.15, 0.2) is 12.1 Å². The number of ether oxygens (including phenoxy) is 1. The summed E-state index contributed by atoms with van der Waals surface area (Å²) in [7, 11) is 0. The van der Waals surface area contributed by atoms with Crippen molar-refractivity contribution in [3.63, 3.8) is 0 Å². The lowest BCUT2D eigenvalue weighted by Gasteiger charge is -2.13. The van der Waals surface area contributed by atoms with Crippen LogP contribution in [-0.2, 0) is 0 Å². The number of nitro groups is 1. The molecule has 0 aliphatic heterocycles. The van der Waals surface area contributed by atoms with Gasteiger partial charge in [0.25, 0.3) is 0 Å². The molecule has 0 unspecified atom stereocenters. The summed E-state index contributed by atoms with van der Waals surface area (Å²) < 4.78 is 5.62. The first-order valence-electron chi connectivity index (χ1n) is 5.38. The van der Waals surface area contributed by atoms with Gasteiger partial charge in [0.1, 0.15) is 0 Å². The summed E-state index contributed by atoms with van der Waals surface area (Å²) in [6.45, 7) is 0. The third-order valence-electron chi connectivity index (χ3n) is 2.79. The molecule has 0 radical (unpaired) electrons. The van der Waals surface area contributed by atoms with E-state index in [9.17, 15) is 10.1 Å². The molecule has 0 amide bonds. The molecule has 0 bridgehead atoms. The van der Waals surface area contributed by atoms with Crippen molar-refractivity contribution < 1.29 is 9.66 Å². The summed E-state index contributed by atoms with van der Waals surface area (Å²) in [6.07, 6.45) is 4.10. The minimum atomic E-state index is -0.507. The van der Waals surface area contributed by atoms with Gasteiger partial charge in [0.15, 0.2) is 5.75 Å². The Kier molecular flexibility index (Phi) is 3.74. The average molecular weight is 276 g/mol. The molecule has 1 aromatic rings. The summed E-state index contributed by atoms with van der Waals surface area (Å²) in [5.74, 6) is 0.205. The second-order valence-electron chi connectivity index (χ2n) is 4.02. The van der Waals surface area contributed by atoms with Crippen LogP contribution in [0.1, 0.15) is 25.7 Å². The summed E-state index contributed by atoms with van der Waals surface area (Å²) in [5, 5.41) is 11.3. The van der Waals surface area contributed by atoms with Crippen molar-refractivity contribution in [3.8, 4) is 5.75 Å². The highest BCUT2D eigenvalue weighted by Gasteiger charge is 2.23. The number of nitro benzene ring substituents is 1. The smallest absolute Gasteiger partial charge is 0.312 e. The van der Waals surface area contributed by atoms with Gasteiger partial charge < -0.3 is 4.74 Å². The molecule has 1 aromatic carbocycles. The van der Waals surface area contributed by atoms with E-state index in [0.29, 0.717) is 0 Å². The maximum Gasteiger partial charge on any atom is 0.312 e. The molecule has 4 nitrogen and oxygen atoms in total. The van der Waals surface area contributed by atoms with E-state index >= 15 is 0 Å². The van der Waals surface area contributed by atoms with Gasteiger partial charge in [0.2, 0.25) is 0 Å². The molecule has 1 fully saturated rings. The molecular weight excluding hydrogens is 265 g/mol. The zero-order chi connectivity index (χ0) is 12.4. The fraction of sp³-hybridized carbons (Fsp3) is 0.455. The number of benzene rings is 1. The standard InChI is InChI=1S/C11H11Cl2NO3/c12-8-5-10(14(15)16)11(6-9(8)13)17-7-3-1-2-4-7/h5-7H,1-4H2. The molecule has 0 atom stereocenters. The Morgan fingerprint density at radius 1 is 1.24 bits per heavy atom. The van der Waals surface area contributed by atoms with Gasteiger partial charge in [-0.2, -0.15) is 0 Å². The van der Waals surface area contributed by atoms with Gasteiger partial charge in [0, 0.05) is 12.1 Å². The summed E-state index contributed by atoms with van der Waals surface area (Å²) in [4.78, 5) is 10.4. The molecule has 1 aliphatic rings. The van der Waals surface area contributed by atoms with Crippen molar-refractivity contribution in [2.24, 2.45) is 0 Å². The summed E-state index contributed by atoms with van der Waals surface area (Å²) in [6, 6.07) is 2.65. The molecule has 6 heteroatoms. The molecule has 0 heterocycles. The Morgan fingerprint density at radius 2 is 1.82 bits per heavy atom. The van der Waals surface area contributed by atoms with Crippen LogP contribution in [0, 0.1) is 10.1 Å². The average Bonchev–Trinajstić information content (AvgIpc) is 2.75. The fourth-order valence-corrected chi connectivity index (χ4v) is 2.25. The fourth-order valence-electron chi connectivity index (χ4n) is 1.94. The molecule has 1 aliphatic carbocycles. The van der Waals surface area contributed by atoms with E-state index in [4.69, 9.17) is 27.9 Å². The predicted molar refractivity (Wildman–Crippen MR) is 66.0 cm³/mol. The second-order valence-corrected chi connectivity index (χ2v) is 4.83. The second kappa shape index (κ2) is 5.10. The van der Waals surface area contributed by atoms with Crippen molar-refractivity contribution in [3.05, 3.63) is 32.3 Å². The van der Waals surface area contributed by atoms with Crippen LogP contribution in [0.4, 0.5) is 5.69 Å². The molecule has 0 saturated heterocycles. The highest BCUT2D eigenvalue weighted by atomic mass is 35.5. The van der Waals surface area contributed by atoms with Gasteiger partial charge in [-0.1, -0.05) is 23.2 Å². The van der Waals surface area contributed by atoms with E-state index in [2.05, 4.69) is 0 Å². The third-order valence-corrected chi connectivity index (χ3v) is 3.52. The number of nitrogens with zero attached hydrogens (tertiary/aromatic N) is 1. The largest absolute Gasteiger partial charge is 0.483 e. The molecule has 92 valence electrons. The summed E-state index contributed by atoms with van der Waals surface area (Å²) >= 11 is 11.6. The minimum Gasteiger partial charge on any atom is -0.483 e. The lowest BCUT2D eigenvalue weighted by Crippen LogP contribution is -2.12. The van der Waals surface area contributed by atoms with E-state index in [1.807, 2.05) is 0 Å². The molecule has 2 rings (SSSR count). The maximum absolute atomic E-state index is 10.9. The van der Waals surface area contributed by atoms with Crippen LogP contribution < -0.4 is 4.74 Å². The van der Waals surface area contributed by atoms with Crippen LogP contribution in [0.25, 0.3) is 0 Å². The van der Waals surface area contributed by atoms with E-state index in [1.54, 1.807) is 0 Å². The van der Waals surface area contributed by atoms with Crippen LogP contribution in [0.3, 0.4) is 0 Å². The zero-order valence-corrected chi connectivity index (χ0v) is 10.5. The zero-order valence-electron chi connectivity index (χ0n) is 8.99. The van der Waals surface area contributed by atoms with Crippen LogP contribution >= 0.6 is 23.2 Å². The Labute approximate surface area is 109 Å². The number of hydrogen-bond donors (Lipinski definition) is 0. The van der Waals surface area contributed by atoms with Gasteiger partial charge in [-0.05, 0) is 25.7 Å². The van der Waals surface area contributed by atoms with Crippen molar-refractivity contribution in [1.29, 1.82) is 0 Å². The maximum atomic E-state index is 10.9. The van der Waals surface area contributed by atoms with Crippen LogP contribution in [0.2, 0.25) is 10.0 Å². The monoisotopic (exact) mass is 275 g/mol. The molecule has 0 N–H and O–H groups in total. The van der Waals surface area contributed by atoms with Crippen molar-refractivity contribution in [2.45, 2.75) is 31.8 Å². The SMILES string of the molecule is O=[N+]([O-])c1cc(Cl)c(Cl)cc1OC1CCCC1. The Morgan fingerprint density at radius 3 is 2.41 bits per heavy atom. The first kappa shape index (κ1) is 12.5. The lowest BCUT2D eigenvalue weighted by molar-refractivity contribution is -0.386. The van der Waals surface area contributed by atoms with Crippen molar-refractivity contribution in [1.82, 2.24) is 0 Å². The van der Waals surface area contributed by atoms with E-state index in [0.717, 1.165) is 25.7 Å².